The van der Waals surface area contributed by atoms with Gasteiger partial charge in [-0.3, -0.25) is 0 Å². The first-order valence-electron chi connectivity index (χ1n) is 7.72. The molecule has 0 bridgehead atoms. The predicted octanol–water partition coefficient (Wildman–Crippen LogP) is 3.08. The van der Waals surface area contributed by atoms with Crippen LogP contribution in [0.5, 0.6) is 0 Å². The van der Waals surface area contributed by atoms with E-state index in [4.69, 9.17) is 0 Å². The lowest BCUT2D eigenvalue weighted by Crippen LogP contribution is -2.26. The van der Waals surface area contributed by atoms with E-state index in [1.807, 2.05) is 43.5 Å². The molecule has 124 valence electrons. The first-order chi connectivity index (χ1) is 11.5. The monoisotopic (exact) mass is 359 g/mol. The first kappa shape index (κ1) is 15.6. The molecule has 1 aliphatic carbocycles. The smallest absolute Gasteiger partial charge is 0.231 e. The largest absolute Gasteiger partial charge is 0.250 e. The number of aromatic nitrogens is 2. The summed E-state index contributed by atoms with van der Waals surface area (Å²) in [4.78, 5) is 0. The van der Waals surface area contributed by atoms with E-state index in [-0.39, 0.29) is 12.0 Å². The first-order valence-corrected chi connectivity index (χ1v) is 10.0. The molecule has 1 fully saturated rings. The van der Waals surface area contributed by atoms with E-state index in [1.54, 1.807) is 23.0 Å². The molecule has 4 rings (SSSR count). The highest BCUT2D eigenvalue weighted by Gasteiger charge is 2.41. The van der Waals surface area contributed by atoms with E-state index < -0.39 is 10.0 Å². The van der Waals surface area contributed by atoms with Crippen LogP contribution in [0, 0.1) is 6.92 Å². The fourth-order valence-corrected chi connectivity index (χ4v) is 5.30. The molecule has 1 aliphatic rings. The number of hydrogen-bond acceptors (Lipinski definition) is 4. The Hall–Kier alpha value is -1.96. The van der Waals surface area contributed by atoms with Gasteiger partial charge in [-0.05, 0) is 36.6 Å². The van der Waals surface area contributed by atoms with Crippen LogP contribution in [0.4, 0.5) is 0 Å². The predicted molar refractivity (Wildman–Crippen MR) is 94.1 cm³/mol. The maximum atomic E-state index is 12.6. The zero-order chi connectivity index (χ0) is 16.7. The Morgan fingerprint density at radius 3 is 2.71 bits per heavy atom. The van der Waals surface area contributed by atoms with Crippen molar-refractivity contribution in [3.63, 3.8) is 0 Å². The second kappa shape index (κ2) is 5.84. The maximum Gasteiger partial charge on any atom is 0.250 e. The summed E-state index contributed by atoms with van der Waals surface area (Å²) in [5.74, 6) is 0.272. The molecule has 5 nitrogen and oxygen atoms in total. The van der Waals surface area contributed by atoms with Crippen LogP contribution >= 0.6 is 11.3 Å². The highest BCUT2D eigenvalue weighted by molar-refractivity contribution is 7.91. The number of benzene rings is 1. The highest BCUT2D eigenvalue weighted by Crippen LogP contribution is 2.41. The Kier molecular flexibility index (Phi) is 3.79. The number of sulfonamides is 1. The van der Waals surface area contributed by atoms with E-state index in [0.717, 1.165) is 17.0 Å². The average molecular weight is 359 g/mol. The zero-order valence-corrected chi connectivity index (χ0v) is 14.7. The molecule has 24 heavy (non-hydrogen) atoms. The van der Waals surface area contributed by atoms with Crippen LogP contribution in [0.1, 0.15) is 23.5 Å². The fourth-order valence-electron chi connectivity index (χ4n) is 2.76. The van der Waals surface area contributed by atoms with Crippen LogP contribution in [0.3, 0.4) is 0 Å². The Balaban J connectivity index is 1.49. The lowest BCUT2D eigenvalue weighted by molar-refractivity contribution is 0.582. The molecular formula is C17H17N3O2S2. The van der Waals surface area contributed by atoms with E-state index in [2.05, 4.69) is 9.82 Å². The Labute approximate surface area is 145 Å². The fraction of sp³-hybridized carbons (Fsp3) is 0.235. The number of nitrogens with zero attached hydrogens (tertiary/aromatic N) is 2. The quantitative estimate of drug-likeness (QED) is 0.761. The number of nitrogens with one attached hydrogen (secondary N) is 1. The van der Waals surface area contributed by atoms with Gasteiger partial charge in [0.25, 0.3) is 0 Å². The minimum Gasteiger partial charge on any atom is -0.231 e. The van der Waals surface area contributed by atoms with Gasteiger partial charge in [-0.1, -0.05) is 30.3 Å². The van der Waals surface area contributed by atoms with Crippen LogP contribution in [0.15, 0.2) is 59.1 Å². The highest BCUT2D eigenvalue weighted by atomic mass is 32.2. The van der Waals surface area contributed by atoms with Gasteiger partial charge in [0.05, 0.1) is 6.20 Å². The summed E-state index contributed by atoms with van der Waals surface area (Å²) < 4.78 is 30.0. The van der Waals surface area contributed by atoms with Crippen LogP contribution < -0.4 is 4.72 Å². The third-order valence-corrected chi connectivity index (χ3v) is 7.15. The number of aryl methyl sites for hydroxylation is 1. The summed E-state index contributed by atoms with van der Waals surface area (Å²) in [7, 11) is -3.49. The van der Waals surface area contributed by atoms with Gasteiger partial charge in [0.1, 0.15) is 9.21 Å². The van der Waals surface area contributed by atoms with E-state index >= 15 is 0 Å². The van der Waals surface area contributed by atoms with E-state index in [9.17, 15) is 8.42 Å². The molecule has 2 heterocycles. The van der Waals surface area contributed by atoms with Crippen molar-refractivity contribution < 1.29 is 8.42 Å². The maximum absolute atomic E-state index is 12.6. The van der Waals surface area contributed by atoms with Gasteiger partial charge in [-0.15, -0.1) is 11.3 Å². The summed E-state index contributed by atoms with van der Waals surface area (Å²) in [6.45, 7) is 1.95. The normalized spacial score (nSPS) is 20.2. The van der Waals surface area contributed by atoms with Gasteiger partial charge >= 0.3 is 0 Å². The molecule has 1 N–H and O–H groups in total. The van der Waals surface area contributed by atoms with E-state index in [0.29, 0.717) is 4.21 Å². The molecule has 3 aromatic rings. The van der Waals surface area contributed by atoms with Gasteiger partial charge in [0.15, 0.2) is 0 Å². The number of rotatable bonds is 5. The molecular weight excluding hydrogens is 342 g/mol. The molecule has 0 aliphatic heterocycles. The summed E-state index contributed by atoms with van der Waals surface area (Å²) in [5, 5.41) is 5.01. The molecule has 0 radical (unpaired) electrons. The summed E-state index contributed by atoms with van der Waals surface area (Å²) >= 11 is 1.22. The van der Waals surface area contributed by atoms with Crippen molar-refractivity contribution in [2.45, 2.75) is 29.5 Å². The Morgan fingerprint density at radius 1 is 1.21 bits per heavy atom. The molecule has 2 aromatic heterocycles. The van der Waals surface area contributed by atoms with Crippen LogP contribution in [-0.2, 0) is 10.0 Å². The molecule has 0 saturated heterocycles. The molecule has 0 unspecified atom stereocenters. The van der Waals surface area contributed by atoms with Gasteiger partial charge in [-0.25, -0.2) is 17.8 Å². The van der Waals surface area contributed by atoms with Crippen molar-refractivity contribution in [3.8, 4) is 5.00 Å². The van der Waals surface area contributed by atoms with Crippen molar-refractivity contribution in [2.24, 2.45) is 0 Å². The van der Waals surface area contributed by atoms with Gasteiger partial charge < -0.3 is 0 Å². The van der Waals surface area contributed by atoms with Crippen LogP contribution in [0.25, 0.3) is 5.00 Å². The summed E-state index contributed by atoms with van der Waals surface area (Å²) in [5.41, 5.74) is 2.22. The second-order valence-corrected chi connectivity index (χ2v) is 9.04. The topological polar surface area (TPSA) is 64.0 Å². The molecule has 2 atom stereocenters. The summed E-state index contributed by atoms with van der Waals surface area (Å²) in [6.07, 6.45) is 4.47. The molecule has 1 saturated carbocycles. The van der Waals surface area contributed by atoms with E-state index in [1.165, 1.54) is 16.9 Å². The molecule has 0 amide bonds. The van der Waals surface area contributed by atoms with Crippen molar-refractivity contribution in [1.82, 2.24) is 14.5 Å². The van der Waals surface area contributed by atoms with Crippen LogP contribution in [-0.4, -0.2) is 24.2 Å². The third-order valence-electron chi connectivity index (χ3n) is 4.09. The average Bonchev–Trinajstić information content (AvgIpc) is 2.98. The standard InChI is InChI=1S/C17H17N3O2S2/c1-12-10-18-20(11-12)16-7-8-17(23-16)24(21,22)19-15-9-14(15)13-5-3-2-4-6-13/h2-8,10-11,14-15,19H,9H2,1H3/t14-,15+/m1/s1. The second-order valence-electron chi connectivity index (χ2n) is 6.04. The van der Waals surface area contributed by atoms with Crippen molar-refractivity contribution in [2.75, 3.05) is 0 Å². The zero-order valence-electron chi connectivity index (χ0n) is 13.1. The van der Waals surface area contributed by atoms with Gasteiger partial charge in [-0.2, -0.15) is 5.10 Å². The summed E-state index contributed by atoms with van der Waals surface area (Å²) in [6, 6.07) is 13.4. The molecule has 0 spiro atoms. The molecule has 7 heteroatoms. The molecule has 1 aromatic carbocycles. The van der Waals surface area contributed by atoms with Crippen molar-refractivity contribution in [3.05, 3.63) is 66.0 Å². The Bertz CT molecular complexity index is 961. The SMILES string of the molecule is Cc1cnn(-c2ccc(S(=O)(=O)N[C@H]3C[C@@H]3c3ccccc3)s2)c1. The number of hydrogen-bond donors (Lipinski definition) is 1. The van der Waals surface area contributed by atoms with Gasteiger partial charge in [0, 0.05) is 18.2 Å². The minimum absolute atomic E-state index is 0.0186. The van der Waals surface area contributed by atoms with Crippen molar-refractivity contribution >= 4 is 21.4 Å². The minimum atomic E-state index is -3.49. The lowest BCUT2D eigenvalue weighted by Gasteiger charge is -2.04. The third kappa shape index (κ3) is 3.02. The van der Waals surface area contributed by atoms with Gasteiger partial charge in [0.2, 0.25) is 10.0 Å². The number of thiophene rings is 1. The van der Waals surface area contributed by atoms with Crippen molar-refractivity contribution in [1.29, 1.82) is 0 Å². The van der Waals surface area contributed by atoms with Crippen LogP contribution in [0.2, 0.25) is 0 Å². The Morgan fingerprint density at radius 2 is 2.00 bits per heavy atom. The lowest BCUT2D eigenvalue weighted by atomic mass is 10.1.